The number of carbonyl (C=O) groups excluding carboxylic acids is 1. The normalized spacial score (nSPS) is 14.7. The van der Waals surface area contributed by atoms with Crippen LogP contribution < -0.4 is 14.2 Å². The van der Waals surface area contributed by atoms with Gasteiger partial charge in [0.15, 0.2) is 11.5 Å². The van der Waals surface area contributed by atoms with Crippen molar-refractivity contribution in [2.45, 2.75) is 52.2 Å². The summed E-state index contributed by atoms with van der Waals surface area (Å²) in [6.45, 7) is 8.77. The number of methoxy groups -OCH3 is 1. The number of carbonyl (C=O) groups is 1. The summed E-state index contributed by atoms with van der Waals surface area (Å²) in [4.78, 5) is 26.4. The molecule has 1 amide bonds. The average molecular weight is 505 g/mol. The van der Waals surface area contributed by atoms with Gasteiger partial charge in [-0.25, -0.2) is 9.78 Å². The summed E-state index contributed by atoms with van der Waals surface area (Å²) in [5.41, 5.74) is 2.31. The summed E-state index contributed by atoms with van der Waals surface area (Å²) >= 11 is 0. The lowest BCUT2D eigenvalue weighted by molar-refractivity contribution is 0.0124. The number of piperidine rings is 1. The summed E-state index contributed by atoms with van der Waals surface area (Å²) < 4.78 is 23.3. The van der Waals surface area contributed by atoms with Gasteiger partial charge in [-0.05, 0) is 58.0 Å². The van der Waals surface area contributed by atoms with Crippen LogP contribution in [0.1, 0.15) is 39.3 Å². The van der Waals surface area contributed by atoms with Crippen molar-refractivity contribution < 1.29 is 23.7 Å². The Morgan fingerprint density at radius 2 is 1.84 bits per heavy atom. The zero-order valence-electron chi connectivity index (χ0n) is 21.8. The Morgan fingerprint density at radius 1 is 1.05 bits per heavy atom. The second kappa shape index (κ2) is 9.80. The predicted molar refractivity (Wildman–Crippen MR) is 141 cm³/mol. The van der Waals surface area contributed by atoms with Crippen molar-refractivity contribution in [2.75, 3.05) is 20.2 Å². The van der Waals surface area contributed by atoms with Crippen molar-refractivity contribution in [3.05, 3.63) is 48.3 Å². The fourth-order valence-corrected chi connectivity index (χ4v) is 4.41. The fraction of sp³-hybridized carbons (Fsp3) is 0.393. The number of hydrogen-bond donors (Lipinski definition) is 1. The Hall–Kier alpha value is -4.01. The van der Waals surface area contributed by atoms with E-state index < -0.39 is 5.60 Å². The van der Waals surface area contributed by atoms with Crippen LogP contribution in [0.4, 0.5) is 4.79 Å². The highest BCUT2D eigenvalue weighted by molar-refractivity contribution is 5.83. The molecule has 1 N–H and O–H groups in total. The first-order valence-electron chi connectivity index (χ1n) is 12.4. The Bertz CT molecular complexity index is 1430. The van der Waals surface area contributed by atoms with Crippen LogP contribution in [0.25, 0.3) is 21.8 Å². The second-order valence-corrected chi connectivity index (χ2v) is 10.3. The number of aromatic nitrogens is 3. The van der Waals surface area contributed by atoms with Crippen molar-refractivity contribution in [3.8, 4) is 23.3 Å². The van der Waals surface area contributed by atoms with E-state index in [-0.39, 0.29) is 18.2 Å². The molecule has 0 atom stereocenters. The molecular formula is C28H32N4O5. The van der Waals surface area contributed by atoms with Crippen LogP contribution in [0.3, 0.4) is 0 Å². The Morgan fingerprint density at radius 3 is 2.57 bits per heavy atom. The van der Waals surface area contributed by atoms with E-state index in [4.69, 9.17) is 18.9 Å². The van der Waals surface area contributed by atoms with Crippen molar-refractivity contribution in [1.82, 2.24) is 19.9 Å². The molecule has 2 aromatic carbocycles. The van der Waals surface area contributed by atoms with E-state index in [0.717, 1.165) is 22.0 Å². The second-order valence-electron chi connectivity index (χ2n) is 10.3. The summed E-state index contributed by atoms with van der Waals surface area (Å²) in [6, 6.07) is 11.8. The van der Waals surface area contributed by atoms with Gasteiger partial charge in [-0.15, -0.1) is 0 Å². The van der Waals surface area contributed by atoms with Gasteiger partial charge in [0, 0.05) is 60.2 Å². The molecule has 194 valence electrons. The molecule has 3 heterocycles. The van der Waals surface area contributed by atoms with Gasteiger partial charge >= 0.3 is 12.1 Å². The molecule has 4 aromatic rings. The van der Waals surface area contributed by atoms with Crippen LogP contribution in [-0.2, 0) is 4.74 Å². The molecule has 9 nitrogen and oxygen atoms in total. The molecule has 5 rings (SSSR count). The van der Waals surface area contributed by atoms with Gasteiger partial charge in [0.1, 0.15) is 17.5 Å². The highest BCUT2D eigenvalue weighted by Crippen LogP contribution is 2.34. The molecule has 1 fully saturated rings. The van der Waals surface area contributed by atoms with E-state index in [0.29, 0.717) is 48.7 Å². The third-order valence-corrected chi connectivity index (χ3v) is 6.17. The van der Waals surface area contributed by atoms with Crippen molar-refractivity contribution in [1.29, 1.82) is 0 Å². The van der Waals surface area contributed by atoms with Gasteiger partial charge in [-0.3, -0.25) is 0 Å². The summed E-state index contributed by atoms with van der Waals surface area (Å²) in [6.07, 6.45) is 2.75. The van der Waals surface area contributed by atoms with Gasteiger partial charge in [-0.1, -0.05) is 0 Å². The minimum absolute atomic E-state index is 0.0564. The third kappa shape index (κ3) is 5.71. The smallest absolute Gasteiger partial charge is 0.410 e. The van der Waals surface area contributed by atoms with Gasteiger partial charge < -0.3 is 28.8 Å². The molecule has 0 unspecified atom stereocenters. The minimum atomic E-state index is -0.513. The summed E-state index contributed by atoms with van der Waals surface area (Å²) in [7, 11) is 1.61. The molecule has 0 saturated carbocycles. The lowest BCUT2D eigenvalue weighted by Gasteiger charge is -2.33. The summed E-state index contributed by atoms with van der Waals surface area (Å²) in [5, 5.41) is 1.88. The van der Waals surface area contributed by atoms with E-state index in [2.05, 4.69) is 21.0 Å². The monoisotopic (exact) mass is 504 g/mol. The lowest BCUT2D eigenvalue weighted by Crippen LogP contribution is -2.44. The van der Waals surface area contributed by atoms with Crippen molar-refractivity contribution in [2.24, 2.45) is 0 Å². The molecule has 0 radical (unpaired) electrons. The Labute approximate surface area is 215 Å². The van der Waals surface area contributed by atoms with Crippen LogP contribution >= 0.6 is 0 Å². The van der Waals surface area contributed by atoms with Crippen LogP contribution in [0.2, 0.25) is 0 Å². The van der Waals surface area contributed by atoms with E-state index in [1.165, 1.54) is 0 Å². The van der Waals surface area contributed by atoms with Gasteiger partial charge in [-0.2, -0.15) is 4.98 Å². The number of nitrogens with zero attached hydrogens (tertiary/aromatic N) is 3. The molecular weight excluding hydrogens is 472 g/mol. The number of aryl methyl sites for hydroxylation is 1. The Kier molecular flexibility index (Phi) is 6.54. The predicted octanol–water partition coefficient (Wildman–Crippen LogP) is 6.00. The van der Waals surface area contributed by atoms with Crippen LogP contribution in [0.15, 0.2) is 42.6 Å². The molecule has 1 saturated heterocycles. The maximum Gasteiger partial charge on any atom is 0.410 e. The highest BCUT2D eigenvalue weighted by atomic mass is 16.6. The van der Waals surface area contributed by atoms with Crippen molar-refractivity contribution in [3.63, 3.8) is 0 Å². The van der Waals surface area contributed by atoms with Gasteiger partial charge in [0.05, 0.1) is 12.6 Å². The van der Waals surface area contributed by atoms with Crippen LogP contribution in [-0.4, -0.2) is 57.8 Å². The van der Waals surface area contributed by atoms with Gasteiger partial charge in [0.2, 0.25) is 0 Å². The average Bonchev–Trinajstić information content (AvgIpc) is 3.22. The topological polar surface area (TPSA) is 98.8 Å². The molecule has 0 bridgehead atoms. The fourth-order valence-electron chi connectivity index (χ4n) is 4.41. The number of H-pyrrole nitrogens is 1. The number of rotatable bonds is 5. The number of ether oxygens (including phenoxy) is 4. The van der Waals surface area contributed by atoms with Crippen molar-refractivity contribution >= 4 is 27.9 Å². The van der Waals surface area contributed by atoms with E-state index in [1.54, 1.807) is 18.2 Å². The van der Waals surface area contributed by atoms with E-state index >= 15 is 0 Å². The molecule has 1 aliphatic rings. The largest absolute Gasteiger partial charge is 0.493 e. The molecule has 2 aromatic heterocycles. The zero-order chi connectivity index (χ0) is 26.2. The number of hydrogen-bond acceptors (Lipinski definition) is 7. The number of nitrogens with one attached hydrogen (secondary N) is 1. The Balaban J connectivity index is 1.30. The molecule has 0 spiro atoms. The maximum absolute atomic E-state index is 12.4. The zero-order valence-corrected chi connectivity index (χ0v) is 21.8. The first-order chi connectivity index (χ1) is 17.7. The highest BCUT2D eigenvalue weighted by Gasteiger charge is 2.28. The maximum atomic E-state index is 12.4. The first kappa shape index (κ1) is 24.7. The number of fused-ring (bicyclic) bond motifs is 2. The number of benzene rings is 2. The molecule has 0 aliphatic carbocycles. The standard InChI is InChI=1S/C28H32N4O5/c1-17-12-18-13-21(6-7-22(18)30-17)36-26-29-16-19-14-24(34-5)25(15-23(19)31-26)35-20-8-10-32(11-9-20)27(33)37-28(2,3)4/h6-7,12-16,20,30H,8-11H2,1-5H3. The number of likely N-dealkylation sites (tertiary alicyclic amines) is 1. The number of aromatic amines is 1. The van der Waals surface area contributed by atoms with Crippen LogP contribution in [0.5, 0.6) is 23.3 Å². The van der Waals surface area contributed by atoms with E-state index in [9.17, 15) is 4.79 Å². The summed E-state index contributed by atoms with van der Waals surface area (Å²) in [5.74, 6) is 1.86. The molecule has 37 heavy (non-hydrogen) atoms. The first-order valence-corrected chi connectivity index (χ1v) is 12.4. The van der Waals surface area contributed by atoms with Gasteiger partial charge in [0.25, 0.3) is 0 Å². The third-order valence-electron chi connectivity index (χ3n) is 6.17. The minimum Gasteiger partial charge on any atom is -0.493 e. The van der Waals surface area contributed by atoms with Crippen LogP contribution in [0, 0.1) is 6.92 Å². The quantitative estimate of drug-likeness (QED) is 0.356. The SMILES string of the molecule is COc1cc2cnc(Oc3ccc4[nH]c(C)cc4c3)nc2cc1OC1CCN(C(=O)OC(C)(C)C)CC1. The lowest BCUT2D eigenvalue weighted by atomic mass is 10.1. The van der Waals surface area contributed by atoms with E-state index in [1.807, 2.05) is 58.0 Å². The molecule has 9 heteroatoms. The molecule has 1 aliphatic heterocycles. The number of amides is 1.